The van der Waals surface area contributed by atoms with Crippen molar-refractivity contribution in [3.63, 3.8) is 0 Å². The van der Waals surface area contributed by atoms with E-state index in [1.165, 1.54) is 4.90 Å². The minimum absolute atomic E-state index is 0.144. The van der Waals surface area contributed by atoms with E-state index in [9.17, 15) is 18.4 Å². The van der Waals surface area contributed by atoms with Gasteiger partial charge in [-0.2, -0.15) is 0 Å². The molecule has 5 nitrogen and oxygen atoms in total. The van der Waals surface area contributed by atoms with Crippen LogP contribution in [0.15, 0.2) is 12.1 Å². The monoisotopic (exact) mass is 323 g/mol. The standard InChI is InChI=1S/C16H19F2N3O2/c1-2-12-16(23)21(9-15(22)20-5-3-4-6-20)14-8-11(18)10(17)7-13(14)19-12/h7-8,12,19H,2-6,9H2,1H3. The van der Waals surface area contributed by atoms with Crippen molar-refractivity contribution in [1.29, 1.82) is 0 Å². The van der Waals surface area contributed by atoms with E-state index in [2.05, 4.69) is 5.32 Å². The lowest BCUT2D eigenvalue weighted by atomic mass is 10.1. The number of benzene rings is 1. The van der Waals surface area contributed by atoms with Gasteiger partial charge in [-0.15, -0.1) is 0 Å². The van der Waals surface area contributed by atoms with Gasteiger partial charge >= 0.3 is 0 Å². The third-order valence-corrected chi connectivity index (χ3v) is 4.38. The summed E-state index contributed by atoms with van der Waals surface area (Å²) in [6.07, 6.45) is 2.40. The van der Waals surface area contributed by atoms with Gasteiger partial charge in [0.25, 0.3) is 0 Å². The molecule has 7 heteroatoms. The molecule has 0 aliphatic carbocycles. The molecule has 3 rings (SSSR count). The maximum atomic E-state index is 13.6. The second-order valence-electron chi connectivity index (χ2n) is 5.90. The van der Waals surface area contributed by atoms with Gasteiger partial charge in [0.1, 0.15) is 12.6 Å². The molecule has 2 heterocycles. The van der Waals surface area contributed by atoms with Crippen LogP contribution in [0.2, 0.25) is 0 Å². The zero-order valence-corrected chi connectivity index (χ0v) is 12.9. The van der Waals surface area contributed by atoms with Crippen LogP contribution in [0.4, 0.5) is 20.2 Å². The molecule has 0 saturated carbocycles. The molecule has 124 valence electrons. The number of amides is 2. The van der Waals surface area contributed by atoms with E-state index >= 15 is 0 Å². The highest BCUT2D eigenvalue weighted by Gasteiger charge is 2.34. The number of likely N-dealkylation sites (tertiary alicyclic amines) is 1. The van der Waals surface area contributed by atoms with Gasteiger partial charge in [0, 0.05) is 25.2 Å². The minimum Gasteiger partial charge on any atom is -0.372 e. The van der Waals surface area contributed by atoms with Crippen LogP contribution in [0.1, 0.15) is 26.2 Å². The van der Waals surface area contributed by atoms with E-state index in [1.54, 1.807) is 4.90 Å². The molecular weight excluding hydrogens is 304 g/mol. The van der Waals surface area contributed by atoms with E-state index in [1.807, 2.05) is 6.92 Å². The fraction of sp³-hybridized carbons (Fsp3) is 0.500. The Morgan fingerprint density at radius 1 is 1.26 bits per heavy atom. The molecule has 1 aromatic rings. The van der Waals surface area contributed by atoms with Crippen LogP contribution in [0.3, 0.4) is 0 Å². The Morgan fingerprint density at radius 3 is 2.57 bits per heavy atom. The van der Waals surface area contributed by atoms with Gasteiger partial charge in [0.2, 0.25) is 11.8 Å². The molecule has 2 aliphatic heterocycles. The van der Waals surface area contributed by atoms with Crippen molar-refractivity contribution in [3.8, 4) is 0 Å². The predicted molar refractivity (Wildman–Crippen MR) is 82.2 cm³/mol. The highest BCUT2D eigenvalue weighted by atomic mass is 19.2. The number of hydrogen-bond donors (Lipinski definition) is 1. The van der Waals surface area contributed by atoms with Crippen molar-refractivity contribution >= 4 is 23.2 Å². The van der Waals surface area contributed by atoms with Gasteiger partial charge in [-0.3, -0.25) is 14.5 Å². The molecule has 1 saturated heterocycles. The SMILES string of the molecule is CCC1Nc2cc(F)c(F)cc2N(CC(=O)N2CCCC2)C1=O. The molecule has 0 bridgehead atoms. The van der Waals surface area contributed by atoms with Crippen LogP contribution in [0.25, 0.3) is 0 Å². The largest absolute Gasteiger partial charge is 0.372 e. The number of anilines is 2. The summed E-state index contributed by atoms with van der Waals surface area (Å²) >= 11 is 0. The summed E-state index contributed by atoms with van der Waals surface area (Å²) in [6, 6.07) is 1.46. The summed E-state index contributed by atoms with van der Waals surface area (Å²) in [5.74, 6) is -2.47. The first-order valence-corrected chi connectivity index (χ1v) is 7.86. The number of fused-ring (bicyclic) bond motifs is 1. The first-order valence-electron chi connectivity index (χ1n) is 7.86. The summed E-state index contributed by atoms with van der Waals surface area (Å²) in [7, 11) is 0. The Morgan fingerprint density at radius 2 is 1.91 bits per heavy atom. The number of rotatable bonds is 3. The topological polar surface area (TPSA) is 52.7 Å². The Hall–Kier alpha value is -2.18. The summed E-state index contributed by atoms with van der Waals surface area (Å²) in [5, 5.41) is 2.91. The van der Waals surface area contributed by atoms with Crippen molar-refractivity contribution in [1.82, 2.24) is 4.90 Å². The second kappa shape index (κ2) is 6.14. The fourth-order valence-electron chi connectivity index (χ4n) is 3.07. The lowest BCUT2D eigenvalue weighted by Crippen LogP contribution is -2.51. The maximum Gasteiger partial charge on any atom is 0.250 e. The lowest BCUT2D eigenvalue weighted by molar-refractivity contribution is -0.130. The molecule has 1 atom stereocenters. The van der Waals surface area contributed by atoms with Crippen LogP contribution in [0.5, 0.6) is 0 Å². The van der Waals surface area contributed by atoms with E-state index in [4.69, 9.17) is 0 Å². The summed E-state index contributed by atoms with van der Waals surface area (Å²) in [4.78, 5) is 27.9. The predicted octanol–water partition coefficient (Wildman–Crippen LogP) is 2.12. The summed E-state index contributed by atoms with van der Waals surface area (Å²) in [6.45, 7) is 3.04. The molecule has 2 aliphatic rings. The molecule has 1 fully saturated rings. The number of nitrogens with zero attached hydrogens (tertiary/aromatic N) is 2. The number of nitrogens with one attached hydrogen (secondary N) is 1. The maximum absolute atomic E-state index is 13.6. The third kappa shape index (κ3) is 2.87. The van der Waals surface area contributed by atoms with Gasteiger partial charge in [0.15, 0.2) is 11.6 Å². The Balaban J connectivity index is 1.92. The van der Waals surface area contributed by atoms with Crippen molar-refractivity contribution < 1.29 is 18.4 Å². The smallest absolute Gasteiger partial charge is 0.250 e. The Bertz CT molecular complexity index is 644. The van der Waals surface area contributed by atoms with Crippen molar-refractivity contribution in [3.05, 3.63) is 23.8 Å². The minimum atomic E-state index is -1.04. The number of carbonyl (C=O) groups is 2. The van der Waals surface area contributed by atoms with Crippen LogP contribution in [-0.2, 0) is 9.59 Å². The van der Waals surface area contributed by atoms with Gasteiger partial charge in [-0.25, -0.2) is 8.78 Å². The zero-order chi connectivity index (χ0) is 16.6. The number of halogens is 2. The molecule has 1 aromatic carbocycles. The van der Waals surface area contributed by atoms with Crippen molar-refractivity contribution in [2.24, 2.45) is 0 Å². The highest BCUT2D eigenvalue weighted by molar-refractivity contribution is 6.07. The molecule has 2 amide bonds. The zero-order valence-electron chi connectivity index (χ0n) is 12.9. The quantitative estimate of drug-likeness (QED) is 0.927. The van der Waals surface area contributed by atoms with E-state index in [-0.39, 0.29) is 24.0 Å². The second-order valence-corrected chi connectivity index (χ2v) is 5.90. The summed E-state index contributed by atoms with van der Waals surface area (Å²) < 4.78 is 27.1. The number of hydrogen-bond acceptors (Lipinski definition) is 3. The van der Waals surface area contributed by atoms with Crippen molar-refractivity contribution in [2.45, 2.75) is 32.2 Å². The molecule has 0 spiro atoms. The average Bonchev–Trinajstić information content (AvgIpc) is 3.06. The highest BCUT2D eigenvalue weighted by Crippen LogP contribution is 2.34. The van der Waals surface area contributed by atoms with Crippen LogP contribution in [-0.4, -0.2) is 42.4 Å². The molecule has 1 N–H and O–H groups in total. The fourth-order valence-corrected chi connectivity index (χ4v) is 3.07. The molecule has 0 radical (unpaired) electrons. The van der Waals surface area contributed by atoms with Crippen LogP contribution in [0, 0.1) is 11.6 Å². The van der Waals surface area contributed by atoms with Gasteiger partial charge in [0.05, 0.1) is 11.4 Å². The van der Waals surface area contributed by atoms with Crippen molar-refractivity contribution in [2.75, 3.05) is 29.9 Å². The average molecular weight is 323 g/mol. The normalized spacial score (nSPS) is 20.5. The van der Waals surface area contributed by atoms with E-state index < -0.39 is 17.7 Å². The van der Waals surface area contributed by atoms with Crippen LogP contribution < -0.4 is 10.2 Å². The Labute approximate surface area is 133 Å². The first kappa shape index (κ1) is 15.7. The number of carbonyl (C=O) groups excluding carboxylic acids is 2. The third-order valence-electron chi connectivity index (χ3n) is 4.38. The first-order chi connectivity index (χ1) is 11.0. The van der Waals surface area contributed by atoms with E-state index in [0.29, 0.717) is 25.2 Å². The Kier molecular flexibility index (Phi) is 4.19. The lowest BCUT2D eigenvalue weighted by Gasteiger charge is -2.35. The van der Waals surface area contributed by atoms with Gasteiger partial charge in [-0.1, -0.05) is 6.92 Å². The summed E-state index contributed by atoms with van der Waals surface area (Å²) in [5.41, 5.74) is 0.552. The molecule has 0 aromatic heterocycles. The molecular formula is C16H19F2N3O2. The van der Waals surface area contributed by atoms with Gasteiger partial charge < -0.3 is 10.2 Å². The molecule has 1 unspecified atom stereocenters. The molecule has 23 heavy (non-hydrogen) atoms. The van der Waals surface area contributed by atoms with Crippen LogP contribution >= 0.6 is 0 Å². The van der Waals surface area contributed by atoms with Gasteiger partial charge in [-0.05, 0) is 19.3 Å². The van der Waals surface area contributed by atoms with E-state index in [0.717, 1.165) is 25.0 Å².